The molecule has 0 aromatic carbocycles. The van der Waals surface area contributed by atoms with Crippen LogP contribution in [-0.4, -0.2) is 22.1 Å². The molecule has 2 saturated carbocycles. The summed E-state index contributed by atoms with van der Waals surface area (Å²) in [6.07, 6.45) is 6.71. The fourth-order valence-corrected chi connectivity index (χ4v) is 2.38. The van der Waals surface area contributed by atoms with Gasteiger partial charge in [0.15, 0.2) is 0 Å². The van der Waals surface area contributed by atoms with Crippen molar-refractivity contribution in [1.82, 2.24) is 4.98 Å². The molecule has 0 spiro atoms. The normalized spacial score (nSPS) is 19.4. The maximum atomic E-state index is 11.1. The van der Waals surface area contributed by atoms with Gasteiger partial charge < -0.3 is 10.4 Å². The van der Waals surface area contributed by atoms with E-state index in [9.17, 15) is 4.79 Å². The first-order valence-corrected chi connectivity index (χ1v) is 6.20. The number of carboxylic acids is 1. The van der Waals surface area contributed by atoms with Gasteiger partial charge in [-0.3, -0.25) is 0 Å². The molecule has 0 amide bonds. The molecule has 2 N–H and O–H groups in total. The van der Waals surface area contributed by atoms with E-state index in [1.54, 1.807) is 18.3 Å². The van der Waals surface area contributed by atoms with Gasteiger partial charge in [-0.15, -0.1) is 0 Å². The number of hydrogen-bond donors (Lipinski definition) is 2. The van der Waals surface area contributed by atoms with Crippen LogP contribution in [0.4, 0.5) is 5.82 Å². The van der Waals surface area contributed by atoms with Crippen LogP contribution in [0.25, 0.3) is 0 Å². The highest BCUT2D eigenvalue weighted by Crippen LogP contribution is 2.45. The number of nitrogens with one attached hydrogen (secondary N) is 1. The van der Waals surface area contributed by atoms with E-state index in [1.165, 1.54) is 25.7 Å². The van der Waals surface area contributed by atoms with E-state index in [1.807, 2.05) is 0 Å². The first-order chi connectivity index (χ1) is 8.25. The quantitative estimate of drug-likeness (QED) is 0.818. The molecule has 0 atom stereocenters. The monoisotopic (exact) mass is 232 g/mol. The minimum atomic E-state index is -0.911. The molecule has 17 heavy (non-hydrogen) atoms. The summed E-state index contributed by atoms with van der Waals surface area (Å²) in [7, 11) is 0. The van der Waals surface area contributed by atoms with Crippen molar-refractivity contribution in [3.05, 3.63) is 23.9 Å². The van der Waals surface area contributed by atoms with Crippen LogP contribution in [0.2, 0.25) is 0 Å². The zero-order valence-electron chi connectivity index (χ0n) is 9.60. The minimum Gasteiger partial charge on any atom is -0.478 e. The Morgan fingerprint density at radius 2 is 2.00 bits per heavy atom. The highest BCUT2D eigenvalue weighted by molar-refractivity contribution is 5.93. The molecule has 0 unspecified atom stereocenters. The van der Waals surface area contributed by atoms with Crippen LogP contribution in [0.3, 0.4) is 0 Å². The average molecular weight is 232 g/mol. The topological polar surface area (TPSA) is 62.2 Å². The summed E-state index contributed by atoms with van der Waals surface area (Å²) < 4.78 is 0. The first kappa shape index (κ1) is 10.6. The van der Waals surface area contributed by atoms with Gasteiger partial charge in [0, 0.05) is 12.2 Å². The van der Waals surface area contributed by atoms with Crippen LogP contribution in [0.1, 0.15) is 36.0 Å². The molecule has 3 rings (SSSR count). The molecule has 2 aliphatic rings. The number of anilines is 1. The Kier molecular flexibility index (Phi) is 2.50. The lowest BCUT2D eigenvalue weighted by Crippen LogP contribution is -2.26. The van der Waals surface area contributed by atoms with Gasteiger partial charge in [0.1, 0.15) is 11.4 Å². The molecule has 2 fully saturated rings. The molecule has 2 aliphatic carbocycles. The average Bonchev–Trinajstić information content (AvgIpc) is 3.16. The second-order valence-corrected chi connectivity index (χ2v) is 5.05. The summed E-state index contributed by atoms with van der Waals surface area (Å²) in [6, 6.07) is 3.70. The third-order valence-electron chi connectivity index (χ3n) is 3.60. The second-order valence-electron chi connectivity index (χ2n) is 5.05. The van der Waals surface area contributed by atoms with Gasteiger partial charge in [0.2, 0.25) is 0 Å². The third kappa shape index (κ3) is 2.25. The number of nitrogens with zero attached hydrogens (tertiary/aromatic N) is 1. The molecule has 0 saturated heterocycles. The van der Waals surface area contributed by atoms with Crippen molar-refractivity contribution < 1.29 is 9.90 Å². The molecule has 90 valence electrons. The smallest absolute Gasteiger partial charge is 0.339 e. The Bertz CT molecular complexity index is 427. The summed E-state index contributed by atoms with van der Waals surface area (Å²) in [5.41, 5.74) is 0.277. The number of rotatable bonds is 5. The largest absolute Gasteiger partial charge is 0.478 e. The van der Waals surface area contributed by atoms with Gasteiger partial charge in [-0.2, -0.15) is 0 Å². The van der Waals surface area contributed by atoms with Gasteiger partial charge in [0.05, 0.1) is 0 Å². The van der Waals surface area contributed by atoms with Crippen molar-refractivity contribution in [2.24, 2.45) is 11.8 Å². The summed E-state index contributed by atoms with van der Waals surface area (Å²) >= 11 is 0. The number of aromatic nitrogens is 1. The highest BCUT2D eigenvalue weighted by atomic mass is 16.4. The zero-order valence-corrected chi connectivity index (χ0v) is 9.60. The standard InChI is InChI=1S/C13H16N2O2/c16-13(17)10-2-1-7-14-12(10)15-11(8-3-4-8)9-5-6-9/h1-2,7-9,11H,3-6H2,(H,14,15)(H,16,17). The van der Waals surface area contributed by atoms with Gasteiger partial charge >= 0.3 is 5.97 Å². The maximum Gasteiger partial charge on any atom is 0.339 e. The van der Waals surface area contributed by atoms with Crippen LogP contribution in [0, 0.1) is 11.8 Å². The van der Waals surface area contributed by atoms with Gasteiger partial charge in [-0.05, 0) is 49.7 Å². The Balaban J connectivity index is 1.80. The van der Waals surface area contributed by atoms with E-state index in [-0.39, 0.29) is 5.56 Å². The predicted octanol–water partition coefficient (Wildman–Crippen LogP) is 2.38. The number of pyridine rings is 1. The van der Waals surface area contributed by atoms with Crippen molar-refractivity contribution in [2.45, 2.75) is 31.7 Å². The van der Waals surface area contributed by atoms with E-state index in [0.29, 0.717) is 11.9 Å². The summed E-state index contributed by atoms with van der Waals surface area (Å²) in [5, 5.41) is 12.5. The fraction of sp³-hybridized carbons (Fsp3) is 0.538. The number of aromatic carboxylic acids is 1. The SMILES string of the molecule is O=C(O)c1cccnc1NC(C1CC1)C1CC1. The molecular weight excluding hydrogens is 216 g/mol. The van der Waals surface area contributed by atoms with Crippen molar-refractivity contribution >= 4 is 11.8 Å². The lowest BCUT2D eigenvalue weighted by Gasteiger charge is -2.19. The third-order valence-corrected chi connectivity index (χ3v) is 3.60. The van der Waals surface area contributed by atoms with Crippen molar-refractivity contribution in [3.8, 4) is 0 Å². The number of carbonyl (C=O) groups is 1. The highest BCUT2D eigenvalue weighted by Gasteiger charge is 2.41. The molecule has 4 heteroatoms. The van der Waals surface area contributed by atoms with Crippen LogP contribution in [-0.2, 0) is 0 Å². The van der Waals surface area contributed by atoms with Crippen molar-refractivity contribution in [2.75, 3.05) is 5.32 Å². The molecule has 4 nitrogen and oxygen atoms in total. The minimum absolute atomic E-state index is 0.277. The van der Waals surface area contributed by atoms with E-state index < -0.39 is 5.97 Å². The number of hydrogen-bond acceptors (Lipinski definition) is 3. The van der Waals surface area contributed by atoms with Gasteiger partial charge in [-0.25, -0.2) is 9.78 Å². The summed E-state index contributed by atoms with van der Waals surface area (Å²) in [5.74, 6) is 1.08. The van der Waals surface area contributed by atoms with Crippen molar-refractivity contribution in [3.63, 3.8) is 0 Å². The molecule has 0 radical (unpaired) electrons. The first-order valence-electron chi connectivity index (χ1n) is 6.20. The van der Waals surface area contributed by atoms with Crippen LogP contribution < -0.4 is 5.32 Å². The Morgan fingerprint density at radius 1 is 1.35 bits per heavy atom. The van der Waals surface area contributed by atoms with Gasteiger partial charge in [-0.1, -0.05) is 0 Å². The van der Waals surface area contributed by atoms with E-state index in [2.05, 4.69) is 10.3 Å². The zero-order chi connectivity index (χ0) is 11.8. The lowest BCUT2D eigenvalue weighted by atomic mass is 10.1. The molecular formula is C13H16N2O2. The number of carboxylic acid groups (broad SMARTS) is 1. The molecule has 0 bridgehead atoms. The molecule has 1 aromatic rings. The van der Waals surface area contributed by atoms with Crippen LogP contribution in [0.15, 0.2) is 18.3 Å². The Morgan fingerprint density at radius 3 is 2.53 bits per heavy atom. The van der Waals surface area contributed by atoms with E-state index in [4.69, 9.17) is 5.11 Å². The molecule has 0 aliphatic heterocycles. The Labute approximate surface area is 100 Å². The second kappa shape index (κ2) is 4.02. The summed E-state index contributed by atoms with van der Waals surface area (Å²) in [6.45, 7) is 0. The fourth-order valence-electron chi connectivity index (χ4n) is 2.38. The van der Waals surface area contributed by atoms with Gasteiger partial charge in [0.25, 0.3) is 0 Å². The van der Waals surface area contributed by atoms with Crippen molar-refractivity contribution in [1.29, 1.82) is 0 Å². The predicted molar refractivity (Wildman–Crippen MR) is 64.1 cm³/mol. The van der Waals surface area contributed by atoms with E-state index >= 15 is 0 Å². The Hall–Kier alpha value is -1.58. The maximum absolute atomic E-state index is 11.1. The molecule has 1 aromatic heterocycles. The summed E-state index contributed by atoms with van der Waals surface area (Å²) in [4.78, 5) is 15.3. The lowest BCUT2D eigenvalue weighted by molar-refractivity contribution is 0.0697. The van der Waals surface area contributed by atoms with Crippen LogP contribution in [0.5, 0.6) is 0 Å². The van der Waals surface area contributed by atoms with E-state index in [0.717, 1.165) is 11.8 Å². The molecule has 1 heterocycles. The van der Waals surface area contributed by atoms with Crippen LogP contribution >= 0.6 is 0 Å².